The molecule has 4 nitrogen and oxygen atoms in total. The van der Waals surface area contributed by atoms with E-state index in [-0.39, 0.29) is 5.60 Å². The highest BCUT2D eigenvalue weighted by molar-refractivity contribution is 5.98. The summed E-state index contributed by atoms with van der Waals surface area (Å²) in [6, 6.07) is 4.93. The normalized spacial score (nSPS) is 11.8. The summed E-state index contributed by atoms with van der Waals surface area (Å²) in [7, 11) is 0. The zero-order chi connectivity index (χ0) is 14.8. The van der Waals surface area contributed by atoms with Gasteiger partial charge in [0.1, 0.15) is 0 Å². The first kappa shape index (κ1) is 14.5. The largest absolute Gasteiger partial charge is 0.398 e. The summed E-state index contributed by atoms with van der Waals surface area (Å²) in [5.74, 6) is -0.402. The van der Waals surface area contributed by atoms with E-state index in [0.717, 1.165) is 5.39 Å². The van der Waals surface area contributed by atoms with Crippen LogP contribution in [0.25, 0.3) is 10.9 Å². The third-order valence-electron chi connectivity index (χ3n) is 3.10. The van der Waals surface area contributed by atoms with Crippen LogP contribution < -0.4 is 11.1 Å². The molecule has 2 aromatic rings. The summed E-state index contributed by atoms with van der Waals surface area (Å²) in [5, 5.41) is 3.83. The van der Waals surface area contributed by atoms with Gasteiger partial charge in [0, 0.05) is 30.4 Å². The van der Waals surface area contributed by atoms with Crippen molar-refractivity contribution in [2.45, 2.75) is 26.4 Å². The minimum absolute atomic E-state index is 0.363. The van der Waals surface area contributed by atoms with Crippen molar-refractivity contribution in [3.05, 3.63) is 30.2 Å². The molecule has 0 saturated carbocycles. The van der Waals surface area contributed by atoms with E-state index >= 15 is 0 Å². The third-order valence-corrected chi connectivity index (χ3v) is 3.10. The molecule has 0 saturated heterocycles. The fourth-order valence-corrected chi connectivity index (χ4v) is 2.15. The fraction of sp³-hybridized carbons (Fsp3) is 0.400. The number of nitrogen functional groups attached to an aromatic ring is 1. The van der Waals surface area contributed by atoms with Gasteiger partial charge < -0.3 is 15.8 Å². The summed E-state index contributed by atoms with van der Waals surface area (Å²) >= 11 is 0. The first-order chi connectivity index (χ1) is 9.44. The van der Waals surface area contributed by atoms with Crippen molar-refractivity contribution in [2.75, 3.05) is 24.2 Å². The van der Waals surface area contributed by atoms with E-state index in [1.165, 1.54) is 6.07 Å². The van der Waals surface area contributed by atoms with E-state index in [9.17, 15) is 4.39 Å². The third kappa shape index (κ3) is 2.99. The average molecular weight is 277 g/mol. The van der Waals surface area contributed by atoms with E-state index in [4.69, 9.17) is 10.5 Å². The van der Waals surface area contributed by atoms with Gasteiger partial charge in [-0.3, -0.25) is 4.98 Å². The van der Waals surface area contributed by atoms with Gasteiger partial charge in [0.25, 0.3) is 0 Å². The monoisotopic (exact) mass is 277 g/mol. The molecule has 0 aliphatic rings. The van der Waals surface area contributed by atoms with Gasteiger partial charge in [0.15, 0.2) is 5.82 Å². The van der Waals surface area contributed by atoms with Gasteiger partial charge in [-0.15, -0.1) is 0 Å². The second-order valence-electron chi connectivity index (χ2n) is 5.27. The van der Waals surface area contributed by atoms with Crippen molar-refractivity contribution in [3.8, 4) is 0 Å². The van der Waals surface area contributed by atoms with Crippen molar-refractivity contribution >= 4 is 22.3 Å². The lowest BCUT2D eigenvalue weighted by molar-refractivity contribution is 0.000682. The molecule has 2 rings (SSSR count). The number of hydrogen-bond acceptors (Lipinski definition) is 4. The number of aromatic nitrogens is 1. The molecule has 0 fully saturated rings. The van der Waals surface area contributed by atoms with Gasteiger partial charge in [-0.1, -0.05) is 0 Å². The van der Waals surface area contributed by atoms with Crippen LogP contribution in [0.2, 0.25) is 0 Å². The molecule has 0 atom stereocenters. The zero-order valence-electron chi connectivity index (χ0n) is 12.0. The summed E-state index contributed by atoms with van der Waals surface area (Å²) in [5.41, 5.74) is 6.73. The number of nitrogens with zero attached hydrogens (tertiary/aromatic N) is 1. The van der Waals surface area contributed by atoms with Crippen LogP contribution in [0.1, 0.15) is 20.8 Å². The number of halogens is 1. The van der Waals surface area contributed by atoms with Crippen LogP contribution >= 0.6 is 0 Å². The van der Waals surface area contributed by atoms with Crippen LogP contribution in [0, 0.1) is 5.82 Å². The van der Waals surface area contributed by atoms with Gasteiger partial charge in [-0.25, -0.2) is 4.39 Å². The van der Waals surface area contributed by atoms with E-state index in [0.29, 0.717) is 30.0 Å². The van der Waals surface area contributed by atoms with E-state index < -0.39 is 5.82 Å². The maximum absolute atomic E-state index is 14.1. The molecule has 20 heavy (non-hydrogen) atoms. The van der Waals surface area contributed by atoms with Crippen LogP contribution in [0.5, 0.6) is 0 Å². The van der Waals surface area contributed by atoms with Crippen LogP contribution in [-0.2, 0) is 4.74 Å². The Morgan fingerprint density at radius 1 is 1.45 bits per heavy atom. The van der Waals surface area contributed by atoms with Crippen molar-refractivity contribution in [3.63, 3.8) is 0 Å². The smallest absolute Gasteiger partial charge is 0.150 e. The first-order valence-electron chi connectivity index (χ1n) is 6.65. The molecule has 0 unspecified atom stereocenters. The van der Waals surface area contributed by atoms with E-state index in [1.54, 1.807) is 12.3 Å². The molecule has 0 spiro atoms. The number of pyridine rings is 1. The van der Waals surface area contributed by atoms with Crippen LogP contribution in [0.3, 0.4) is 0 Å². The SMILES string of the molecule is CCOC(C)(C)CNc1c(F)cc(N)c2cccnc12. The maximum atomic E-state index is 14.1. The average Bonchev–Trinajstić information content (AvgIpc) is 2.38. The summed E-state index contributed by atoms with van der Waals surface area (Å²) in [6.45, 7) is 6.93. The number of fused-ring (bicyclic) bond motifs is 1. The van der Waals surface area contributed by atoms with Crippen molar-refractivity contribution < 1.29 is 9.13 Å². The molecule has 1 heterocycles. The highest BCUT2D eigenvalue weighted by atomic mass is 19.1. The lowest BCUT2D eigenvalue weighted by Gasteiger charge is -2.26. The van der Waals surface area contributed by atoms with E-state index in [1.807, 2.05) is 26.8 Å². The molecule has 0 aliphatic heterocycles. The number of benzene rings is 1. The number of ether oxygens (including phenoxy) is 1. The van der Waals surface area contributed by atoms with Crippen molar-refractivity contribution in [2.24, 2.45) is 0 Å². The molecule has 0 bridgehead atoms. The summed E-state index contributed by atoms with van der Waals surface area (Å²) in [4.78, 5) is 4.23. The standard InChI is InChI=1S/C15H20FN3O/c1-4-20-15(2,3)9-19-14-11(16)8-12(17)10-6-5-7-18-13(10)14/h5-8,19H,4,9,17H2,1-3H3. The Labute approximate surface area is 118 Å². The molecule has 1 aromatic carbocycles. The Kier molecular flexibility index (Phi) is 4.09. The van der Waals surface area contributed by atoms with E-state index in [2.05, 4.69) is 10.3 Å². The highest BCUT2D eigenvalue weighted by Crippen LogP contribution is 2.30. The quantitative estimate of drug-likeness (QED) is 0.824. The minimum Gasteiger partial charge on any atom is -0.398 e. The minimum atomic E-state index is -0.402. The van der Waals surface area contributed by atoms with Gasteiger partial charge in [-0.2, -0.15) is 0 Å². The molecular weight excluding hydrogens is 257 g/mol. The second kappa shape index (κ2) is 5.63. The van der Waals surface area contributed by atoms with Crippen LogP contribution in [-0.4, -0.2) is 23.7 Å². The molecule has 0 aliphatic carbocycles. The first-order valence-corrected chi connectivity index (χ1v) is 6.65. The maximum Gasteiger partial charge on any atom is 0.150 e. The number of nitrogens with one attached hydrogen (secondary N) is 1. The number of anilines is 2. The lowest BCUT2D eigenvalue weighted by atomic mass is 10.1. The number of rotatable bonds is 5. The van der Waals surface area contributed by atoms with Crippen LogP contribution in [0.4, 0.5) is 15.8 Å². The Hall–Kier alpha value is -1.88. The highest BCUT2D eigenvalue weighted by Gasteiger charge is 2.19. The Bertz CT molecular complexity index is 613. The predicted octanol–water partition coefficient (Wildman–Crippen LogP) is 3.18. The van der Waals surface area contributed by atoms with Gasteiger partial charge in [0.2, 0.25) is 0 Å². The predicted molar refractivity (Wildman–Crippen MR) is 80.3 cm³/mol. The molecule has 0 amide bonds. The van der Waals surface area contributed by atoms with Gasteiger partial charge >= 0.3 is 0 Å². The zero-order valence-corrected chi connectivity index (χ0v) is 12.0. The molecule has 0 radical (unpaired) electrons. The molecule has 108 valence electrons. The molecule has 1 aromatic heterocycles. The lowest BCUT2D eigenvalue weighted by Crippen LogP contribution is -2.33. The van der Waals surface area contributed by atoms with Crippen molar-refractivity contribution in [1.82, 2.24) is 4.98 Å². The summed E-state index contributed by atoms with van der Waals surface area (Å²) in [6.07, 6.45) is 1.63. The van der Waals surface area contributed by atoms with Crippen molar-refractivity contribution in [1.29, 1.82) is 0 Å². The molecular formula is C15H20FN3O. The summed E-state index contributed by atoms with van der Waals surface area (Å²) < 4.78 is 19.7. The molecule has 3 N–H and O–H groups in total. The van der Waals surface area contributed by atoms with Crippen LogP contribution in [0.15, 0.2) is 24.4 Å². The Morgan fingerprint density at radius 2 is 2.20 bits per heavy atom. The van der Waals surface area contributed by atoms with Gasteiger partial charge in [0.05, 0.1) is 16.8 Å². The number of nitrogens with two attached hydrogens (primary N) is 1. The molecule has 5 heteroatoms. The second-order valence-corrected chi connectivity index (χ2v) is 5.27. The topological polar surface area (TPSA) is 60.2 Å². The number of hydrogen-bond donors (Lipinski definition) is 2. The van der Waals surface area contributed by atoms with Gasteiger partial charge in [-0.05, 0) is 39.0 Å². The Balaban J connectivity index is 2.35. The Morgan fingerprint density at radius 3 is 2.90 bits per heavy atom. The fourth-order valence-electron chi connectivity index (χ4n) is 2.15.